The highest BCUT2D eigenvalue weighted by Crippen LogP contribution is 2.27. The monoisotopic (exact) mass is 412 g/mol. The Kier molecular flexibility index (Phi) is 5.33. The predicted molar refractivity (Wildman–Crippen MR) is 124 cm³/mol. The van der Waals surface area contributed by atoms with Crippen LogP contribution >= 0.6 is 0 Å². The highest BCUT2D eigenvalue weighted by molar-refractivity contribution is 5.85. The van der Waals surface area contributed by atoms with Crippen molar-refractivity contribution in [3.8, 4) is 11.3 Å². The van der Waals surface area contributed by atoms with E-state index in [2.05, 4.69) is 51.3 Å². The second kappa shape index (κ2) is 8.42. The number of carbonyl (C=O) groups excluding carboxylic acids is 1. The molecule has 1 aliphatic heterocycles. The van der Waals surface area contributed by atoms with Crippen LogP contribution in [0.15, 0.2) is 66.9 Å². The Morgan fingerprint density at radius 1 is 1.06 bits per heavy atom. The quantitative estimate of drug-likeness (QED) is 0.511. The minimum Gasteiger partial charge on any atom is -0.347 e. The summed E-state index contributed by atoms with van der Waals surface area (Å²) in [6.45, 7) is 4.74. The van der Waals surface area contributed by atoms with Crippen molar-refractivity contribution in [1.29, 1.82) is 0 Å². The van der Waals surface area contributed by atoms with Gasteiger partial charge in [0.25, 0.3) is 0 Å². The fourth-order valence-corrected chi connectivity index (χ4v) is 4.61. The molecule has 0 aliphatic carbocycles. The van der Waals surface area contributed by atoms with Crippen LogP contribution in [0.1, 0.15) is 24.1 Å². The molecular weight excluding hydrogens is 384 g/mol. The number of amides is 1. The molecule has 5 rings (SSSR count). The summed E-state index contributed by atoms with van der Waals surface area (Å²) in [4.78, 5) is 14.7. The number of carbonyl (C=O) groups is 1. The zero-order valence-electron chi connectivity index (χ0n) is 17.9. The number of fused-ring (bicyclic) bond motifs is 1. The van der Waals surface area contributed by atoms with Crippen molar-refractivity contribution in [3.05, 3.63) is 78.1 Å². The molecule has 0 spiro atoms. The van der Waals surface area contributed by atoms with Crippen LogP contribution in [0, 0.1) is 12.8 Å². The van der Waals surface area contributed by atoms with E-state index in [1.807, 2.05) is 42.2 Å². The van der Waals surface area contributed by atoms with Gasteiger partial charge in [0.15, 0.2) is 0 Å². The Bertz CT molecular complexity index is 1180. The van der Waals surface area contributed by atoms with E-state index < -0.39 is 0 Å². The average molecular weight is 413 g/mol. The SMILES string of the molecule is Cc1cc(-c2ccc3c(ccn3CC3CCN(C(=O)Cc4ccccc4)CC3)c2)n[nH]1. The largest absolute Gasteiger partial charge is 0.347 e. The molecule has 0 radical (unpaired) electrons. The van der Waals surface area contributed by atoms with Gasteiger partial charge in [-0.2, -0.15) is 5.10 Å². The Labute approximate surface area is 182 Å². The van der Waals surface area contributed by atoms with Crippen molar-refractivity contribution in [2.24, 2.45) is 5.92 Å². The third-order valence-electron chi connectivity index (χ3n) is 6.39. The van der Waals surface area contributed by atoms with Crippen molar-refractivity contribution in [3.63, 3.8) is 0 Å². The Morgan fingerprint density at radius 3 is 2.61 bits per heavy atom. The van der Waals surface area contributed by atoms with E-state index in [9.17, 15) is 4.79 Å². The van der Waals surface area contributed by atoms with Crippen molar-refractivity contribution in [2.45, 2.75) is 32.7 Å². The summed E-state index contributed by atoms with van der Waals surface area (Å²) < 4.78 is 2.36. The number of hydrogen-bond donors (Lipinski definition) is 1. The van der Waals surface area contributed by atoms with Gasteiger partial charge in [-0.3, -0.25) is 9.89 Å². The van der Waals surface area contributed by atoms with Gasteiger partial charge in [0.05, 0.1) is 12.1 Å². The fourth-order valence-electron chi connectivity index (χ4n) is 4.61. The highest BCUT2D eigenvalue weighted by atomic mass is 16.2. The number of nitrogens with zero attached hydrogens (tertiary/aromatic N) is 3. The lowest BCUT2D eigenvalue weighted by molar-refractivity contribution is -0.131. The lowest BCUT2D eigenvalue weighted by atomic mass is 9.96. The van der Waals surface area contributed by atoms with Gasteiger partial charge in [-0.1, -0.05) is 36.4 Å². The number of aromatic amines is 1. The van der Waals surface area contributed by atoms with E-state index in [0.717, 1.165) is 55.0 Å². The van der Waals surface area contributed by atoms with Crippen molar-refractivity contribution in [1.82, 2.24) is 19.7 Å². The maximum absolute atomic E-state index is 12.6. The second-order valence-corrected chi connectivity index (χ2v) is 8.66. The lowest BCUT2D eigenvalue weighted by Gasteiger charge is -2.32. The van der Waals surface area contributed by atoms with Crippen LogP contribution in [0.4, 0.5) is 0 Å². The number of rotatable bonds is 5. The van der Waals surface area contributed by atoms with Gasteiger partial charge in [-0.15, -0.1) is 0 Å². The van der Waals surface area contributed by atoms with Crippen LogP contribution in [-0.4, -0.2) is 38.7 Å². The molecule has 4 aromatic rings. The second-order valence-electron chi connectivity index (χ2n) is 8.66. The van der Waals surface area contributed by atoms with Gasteiger partial charge in [0.1, 0.15) is 0 Å². The van der Waals surface area contributed by atoms with Crippen LogP contribution in [0.3, 0.4) is 0 Å². The summed E-state index contributed by atoms with van der Waals surface area (Å²) in [7, 11) is 0. The Hall–Kier alpha value is -3.34. The summed E-state index contributed by atoms with van der Waals surface area (Å²) in [6.07, 6.45) is 4.82. The number of likely N-dealkylation sites (tertiary alicyclic amines) is 1. The summed E-state index contributed by atoms with van der Waals surface area (Å²) >= 11 is 0. The van der Waals surface area contributed by atoms with E-state index in [1.54, 1.807) is 0 Å². The smallest absolute Gasteiger partial charge is 0.226 e. The molecule has 0 atom stereocenters. The number of aryl methyl sites for hydroxylation is 1. The molecule has 158 valence electrons. The summed E-state index contributed by atoms with van der Waals surface area (Å²) in [5.74, 6) is 0.849. The summed E-state index contributed by atoms with van der Waals surface area (Å²) in [5.41, 5.74) is 5.55. The molecule has 2 aromatic heterocycles. The van der Waals surface area contributed by atoms with E-state index in [1.165, 1.54) is 10.9 Å². The number of piperidine rings is 1. The molecule has 5 nitrogen and oxygen atoms in total. The van der Waals surface area contributed by atoms with Gasteiger partial charge in [-0.05, 0) is 55.5 Å². The van der Waals surface area contributed by atoms with Crippen molar-refractivity contribution >= 4 is 16.8 Å². The third kappa shape index (κ3) is 4.26. The maximum atomic E-state index is 12.6. The van der Waals surface area contributed by atoms with Gasteiger partial charge in [0, 0.05) is 48.0 Å². The summed E-state index contributed by atoms with van der Waals surface area (Å²) in [6, 6.07) is 20.9. The lowest BCUT2D eigenvalue weighted by Crippen LogP contribution is -2.40. The number of hydrogen-bond acceptors (Lipinski definition) is 2. The first-order valence-electron chi connectivity index (χ1n) is 11.1. The molecule has 1 saturated heterocycles. The first kappa shape index (κ1) is 19.6. The number of nitrogens with one attached hydrogen (secondary N) is 1. The number of aromatic nitrogens is 3. The van der Waals surface area contributed by atoms with Gasteiger partial charge in [0.2, 0.25) is 5.91 Å². The molecule has 31 heavy (non-hydrogen) atoms. The fraction of sp³-hybridized carbons (Fsp3) is 0.308. The Balaban J connectivity index is 1.21. The minimum atomic E-state index is 0.247. The average Bonchev–Trinajstić information content (AvgIpc) is 3.41. The van der Waals surface area contributed by atoms with E-state index in [-0.39, 0.29) is 5.91 Å². The molecule has 0 saturated carbocycles. The highest BCUT2D eigenvalue weighted by Gasteiger charge is 2.23. The molecule has 0 bridgehead atoms. The van der Waals surface area contributed by atoms with Gasteiger partial charge in [-0.25, -0.2) is 0 Å². The number of benzene rings is 2. The van der Waals surface area contributed by atoms with Crippen LogP contribution in [-0.2, 0) is 17.8 Å². The zero-order valence-corrected chi connectivity index (χ0v) is 17.9. The minimum absolute atomic E-state index is 0.247. The van der Waals surface area contributed by atoms with E-state index in [0.29, 0.717) is 12.3 Å². The topological polar surface area (TPSA) is 53.9 Å². The van der Waals surface area contributed by atoms with Crippen LogP contribution in [0.2, 0.25) is 0 Å². The molecular formula is C26H28N4O. The van der Waals surface area contributed by atoms with Crippen LogP contribution in [0.5, 0.6) is 0 Å². The first-order valence-corrected chi connectivity index (χ1v) is 11.1. The predicted octanol–water partition coefficient (Wildman–Crippen LogP) is 4.82. The van der Waals surface area contributed by atoms with E-state index >= 15 is 0 Å². The van der Waals surface area contributed by atoms with Crippen molar-refractivity contribution < 1.29 is 4.79 Å². The Morgan fingerprint density at radius 2 is 1.87 bits per heavy atom. The van der Waals surface area contributed by atoms with Gasteiger partial charge >= 0.3 is 0 Å². The van der Waals surface area contributed by atoms with Crippen molar-refractivity contribution in [2.75, 3.05) is 13.1 Å². The van der Waals surface area contributed by atoms with E-state index in [4.69, 9.17) is 0 Å². The molecule has 0 unspecified atom stereocenters. The molecule has 3 heterocycles. The summed E-state index contributed by atoms with van der Waals surface area (Å²) in [5, 5.41) is 8.64. The zero-order chi connectivity index (χ0) is 21.2. The molecule has 5 heteroatoms. The van der Waals surface area contributed by atoms with Crippen LogP contribution < -0.4 is 0 Å². The normalized spacial score (nSPS) is 14.9. The third-order valence-corrected chi connectivity index (χ3v) is 6.39. The first-order chi connectivity index (χ1) is 15.2. The molecule has 1 aliphatic rings. The maximum Gasteiger partial charge on any atom is 0.226 e. The molecule has 1 amide bonds. The van der Waals surface area contributed by atoms with Gasteiger partial charge < -0.3 is 9.47 Å². The molecule has 2 aromatic carbocycles. The number of H-pyrrole nitrogens is 1. The van der Waals surface area contributed by atoms with Crippen LogP contribution in [0.25, 0.3) is 22.2 Å². The standard InChI is InChI=1S/C26H28N4O/c1-19-15-24(28-27-19)22-7-8-25-23(17-22)11-14-30(25)18-21-9-12-29(13-10-21)26(31)16-20-5-3-2-4-6-20/h2-8,11,14-15,17,21H,9-10,12-13,16,18H2,1H3,(H,27,28). The molecule has 1 fully saturated rings. The molecule has 1 N–H and O–H groups in total.